The first-order valence-electron chi connectivity index (χ1n) is 6.31. The molecule has 1 fully saturated rings. The van der Waals surface area contributed by atoms with Gasteiger partial charge in [-0.3, -0.25) is 4.79 Å². The zero-order chi connectivity index (χ0) is 15.7. The number of carbonyl (C=O) groups excluding carboxylic acids is 1. The van der Waals surface area contributed by atoms with Crippen molar-refractivity contribution in [2.45, 2.75) is 25.3 Å². The maximum Gasteiger partial charge on any atom is 0.327 e. The third kappa shape index (κ3) is 3.13. The van der Waals surface area contributed by atoms with E-state index in [0.717, 1.165) is 12.3 Å². The summed E-state index contributed by atoms with van der Waals surface area (Å²) in [5, 5.41) is 8.85. The highest BCUT2D eigenvalue weighted by Crippen LogP contribution is 2.35. The predicted octanol–water partition coefficient (Wildman–Crippen LogP) is 2.50. The largest absolute Gasteiger partial charge is 0.480 e. The van der Waals surface area contributed by atoms with Gasteiger partial charge in [-0.05, 0) is 12.0 Å². The number of pyridine rings is 1. The SMILES string of the molecule is CC(C)C1SCC(C(=O)O)N1C(=O)c1cc(F)cnc1Cl. The van der Waals surface area contributed by atoms with Gasteiger partial charge in [0.25, 0.3) is 5.91 Å². The van der Waals surface area contributed by atoms with Crippen LogP contribution < -0.4 is 0 Å². The van der Waals surface area contributed by atoms with E-state index < -0.39 is 23.7 Å². The number of aliphatic carboxylic acids is 1. The number of aromatic nitrogens is 1. The van der Waals surface area contributed by atoms with Crippen molar-refractivity contribution >= 4 is 35.2 Å². The molecule has 0 saturated carbocycles. The molecule has 5 nitrogen and oxygen atoms in total. The summed E-state index contributed by atoms with van der Waals surface area (Å²) in [6.07, 6.45) is 0.909. The fourth-order valence-electron chi connectivity index (χ4n) is 2.20. The zero-order valence-corrected chi connectivity index (χ0v) is 13.0. The fourth-order valence-corrected chi connectivity index (χ4v) is 3.86. The molecule has 0 spiro atoms. The molecule has 0 aromatic carbocycles. The number of carbonyl (C=O) groups is 2. The lowest BCUT2D eigenvalue weighted by molar-refractivity contribution is -0.141. The van der Waals surface area contributed by atoms with Crippen LogP contribution in [0.2, 0.25) is 5.15 Å². The van der Waals surface area contributed by atoms with E-state index in [0.29, 0.717) is 5.75 Å². The first kappa shape index (κ1) is 16.0. The summed E-state index contributed by atoms with van der Waals surface area (Å²) in [6, 6.07) is 0.0333. The Morgan fingerprint density at radius 2 is 2.24 bits per heavy atom. The van der Waals surface area contributed by atoms with Crippen molar-refractivity contribution in [3.05, 3.63) is 28.8 Å². The lowest BCUT2D eigenvalue weighted by atomic mass is 10.1. The molecule has 1 aromatic rings. The molecule has 0 aliphatic carbocycles. The number of carboxylic acids is 1. The zero-order valence-electron chi connectivity index (χ0n) is 11.4. The minimum atomic E-state index is -1.08. The number of carboxylic acid groups (broad SMARTS) is 1. The van der Waals surface area contributed by atoms with E-state index in [9.17, 15) is 19.1 Å². The third-order valence-electron chi connectivity index (χ3n) is 3.16. The number of hydrogen-bond donors (Lipinski definition) is 1. The van der Waals surface area contributed by atoms with Gasteiger partial charge < -0.3 is 10.0 Å². The standard InChI is InChI=1S/C13H14ClFN2O3S/c1-6(2)12-17(9(5-21-12)13(19)20)11(18)8-3-7(15)4-16-10(8)14/h3-4,6,9,12H,5H2,1-2H3,(H,19,20). The Bertz CT molecular complexity index is 585. The van der Waals surface area contributed by atoms with Gasteiger partial charge in [0.15, 0.2) is 0 Å². The summed E-state index contributed by atoms with van der Waals surface area (Å²) in [6.45, 7) is 3.79. The molecule has 1 aromatic heterocycles. The summed E-state index contributed by atoms with van der Waals surface area (Å²) < 4.78 is 13.3. The average molecular weight is 333 g/mol. The van der Waals surface area contributed by atoms with Crippen molar-refractivity contribution in [2.75, 3.05) is 5.75 Å². The van der Waals surface area contributed by atoms with Gasteiger partial charge in [0.2, 0.25) is 0 Å². The van der Waals surface area contributed by atoms with E-state index in [4.69, 9.17) is 11.6 Å². The van der Waals surface area contributed by atoms with Crippen molar-refractivity contribution in [1.29, 1.82) is 0 Å². The molecule has 0 bridgehead atoms. The van der Waals surface area contributed by atoms with Crippen LogP contribution in [-0.2, 0) is 4.79 Å². The topological polar surface area (TPSA) is 70.5 Å². The van der Waals surface area contributed by atoms with Crippen molar-refractivity contribution in [3.63, 3.8) is 0 Å². The number of halogens is 2. The van der Waals surface area contributed by atoms with Crippen molar-refractivity contribution in [1.82, 2.24) is 9.88 Å². The highest BCUT2D eigenvalue weighted by molar-refractivity contribution is 8.00. The highest BCUT2D eigenvalue weighted by atomic mass is 35.5. The average Bonchev–Trinajstić information content (AvgIpc) is 2.85. The molecule has 114 valence electrons. The van der Waals surface area contributed by atoms with E-state index in [2.05, 4.69) is 4.98 Å². The van der Waals surface area contributed by atoms with E-state index in [1.807, 2.05) is 13.8 Å². The molecule has 0 radical (unpaired) electrons. The molecule has 1 amide bonds. The Hall–Kier alpha value is -1.34. The van der Waals surface area contributed by atoms with E-state index in [-0.39, 0.29) is 22.0 Å². The van der Waals surface area contributed by atoms with E-state index in [1.54, 1.807) is 0 Å². The lowest BCUT2D eigenvalue weighted by Crippen LogP contribution is -2.47. The Morgan fingerprint density at radius 1 is 1.57 bits per heavy atom. The molecule has 2 unspecified atom stereocenters. The maximum absolute atomic E-state index is 13.3. The Kier molecular flexibility index (Phi) is 4.73. The molecule has 1 saturated heterocycles. The van der Waals surface area contributed by atoms with Crippen LogP contribution in [0.15, 0.2) is 12.3 Å². The molecule has 1 aliphatic heterocycles. The minimum Gasteiger partial charge on any atom is -0.480 e. The smallest absolute Gasteiger partial charge is 0.327 e. The summed E-state index contributed by atoms with van der Waals surface area (Å²) >= 11 is 7.24. The number of rotatable bonds is 3. The van der Waals surface area contributed by atoms with Crippen molar-refractivity contribution < 1.29 is 19.1 Å². The minimum absolute atomic E-state index is 0.0589. The molecule has 2 rings (SSSR count). The number of amides is 1. The van der Waals surface area contributed by atoms with Crippen LogP contribution in [0.1, 0.15) is 24.2 Å². The van der Waals surface area contributed by atoms with Gasteiger partial charge in [0.1, 0.15) is 17.0 Å². The van der Waals surface area contributed by atoms with E-state index in [1.165, 1.54) is 16.7 Å². The summed E-state index contributed by atoms with van der Waals surface area (Å²) in [5.74, 6) is -2.03. The number of nitrogens with zero attached hydrogens (tertiary/aromatic N) is 2. The van der Waals surface area contributed by atoms with Gasteiger partial charge in [0.05, 0.1) is 17.1 Å². The van der Waals surface area contributed by atoms with Crippen LogP contribution in [-0.4, -0.2) is 44.0 Å². The second-order valence-corrected chi connectivity index (χ2v) is 6.53. The molecule has 1 N–H and O–H groups in total. The fraction of sp³-hybridized carbons (Fsp3) is 0.462. The molecule has 1 aliphatic rings. The van der Waals surface area contributed by atoms with Gasteiger partial charge in [-0.2, -0.15) is 0 Å². The first-order valence-corrected chi connectivity index (χ1v) is 7.73. The summed E-state index contributed by atoms with van der Waals surface area (Å²) in [4.78, 5) is 28.8. The Morgan fingerprint density at radius 3 is 2.81 bits per heavy atom. The van der Waals surface area contributed by atoms with Gasteiger partial charge in [0, 0.05) is 5.75 Å². The Balaban J connectivity index is 2.41. The molecular formula is C13H14ClFN2O3S. The van der Waals surface area contributed by atoms with Crippen LogP contribution in [0.5, 0.6) is 0 Å². The monoisotopic (exact) mass is 332 g/mol. The molecule has 8 heteroatoms. The van der Waals surface area contributed by atoms with Crippen molar-refractivity contribution in [2.24, 2.45) is 5.92 Å². The Labute approximate surface area is 130 Å². The van der Waals surface area contributed by atoms with Crippen LogP contribution in [0, 0.1) is 11.7 Å². The third-order valence-corrected chi connectivity index (χ3v) is 5.08. The quantitative estimate of drug-likeness (QED) is 0.861. The maximum atomic E-state index is 13.3. The van der Waals surface area contributed by atoms with Gasteiger partial charge >= 0.3 is 5.97 Å². The van der Waals surface area contributed by atoms with Crippen LogP contribution in [0.4, 0.5) is 4.39 Å². The van der Waals surface area contributed by atoms with Gasteiger partial charge in [-0.1, -0.05) is 25.4 Å². The van der Waals surface area contributed by atoms with Crippen LogP contribution in [0.25, 0.3) is 0 Å². The second kappa shape index (κ2) is 6.19. The normalized spacial score (nSPS) is 21.9. The molecule has 2 atom stereocenters. The second-order valence-electron chi connectivity index (χ2n) is 5.03. The molecule has 2 heterocycles. The highest BCUT2D eigenvalue weighted by Gasteiger charge is 2.43. The first-order chi connectivity index (χ1) is 9.82. The van der Waals surface area contributed by atoms with Crippen molar-refractivity contribution in [3.8, 4) is 0 Å². The predicted molar refractivity (Wildman–Crippen MR) is 77.9 cm³/mol. The molecular weight excluding hydrogens is 319 g/mol. The van der Waals surface area contributed by atoms with Gasteiger partial charge in [-0.15, -0.1) is 11.8 Å². The van der Waals surface area contributed by atoms with Gasteiger partial charge in [-0.25, -0.2) is 14.2 Å². The summed E-state index contributed by atoms with van der Waals surface area (Å²) in [5.41, 5.74) is -0.115. The van der Waals surface area contributed by atoms with Crippen LogP contribution in [0.3, 0.4) is 0 Å². The summed E-state index contributed by atoms with van der Waals surface area (Å²) in [7, 11) is 0. The number of thioether (sulfide) groups is 1. The van der Waals surface area contributed by atoms with Crippen LogP contribution >= 0.6 is 23.4 Å². The lowest BCUT2D eigenvalue weighted by Gasteiger charge is -2.29. The molecule has 21 heavy (non-hydrogen) atoms. The van der Waals surface area contributed by atoms with E-state index >= 15 is 0 Å². The number of hydrogen-bond acceptors (Lipinski definition) is 4.